The average molecular weight is 336 g/mol. The van der Waals surface area contributed by atoms with Crippen molar-refractivity contribution in [2.24, 2.45) is 0 Å². The minimum absolute atomic E-state index is 0.178. The molecule has 0 bridgehead atoms. The Morgan fingerprint density at radius 1 is 1.05 bits per heavy atom. The fraction of sp³-hybridized carbons (Fsp3) is 0.0714. The molecule has 1 N–H and O–H groups in total. The lowest BCUT2D eigenvalue weighted by Crippen LogP contribution is -2.18. The maximum atomic E-state index is 13.5. The molecule has 0 aromatic heterocycles. The summed E-state index contributed by atoms with van der Waals surface area (Å²) in [5.74, 6) is -3.15. The number of amides is 1. The van der Waals surface area contributed by atoms with Gasteiger partial charge in [0.1, 0.15) is 11.6 Å². The second-order valence-corrected chi connectivity index (χ2v) is 4.70. The molecule has 1 amide bonds. The number of alkyl halides is 3. The predicted molar refractivity (Wildman–Crippen MR) is 70.8 cm³/mol. The SMILES string of the molecule is O=C(Nc1ccc(Cl)cc1C(F)(F)F)c1cc(F)ccc1F. The van der Waals surface area contributed by atoms with E-state index in [1.165, 1.54) is 0 Å². The van der Waals surface area contributed by atoms with E-state index in [0.29, 0.717) is 18.2 Å². The van der Waals surface area contributed by atoms with Crippen LogP contribution in [0.3, 0.4) is 0 Å². The third-order valence-corrected chi connectivity index (χ3v) is 2.94. The number of rotatable bonds is 2. The number of carbonyl (C=O) groups is 1. The zero-order valence-electron chi connectivity index (χ0n) is 10.6. The van der Waals surface area contributed by atoms with Gasteiger partial charge in [-0.25, -0.2) is 8.78 Å². The highest BCUT2D eigenvalue weighted by molar-refractivity contribution is 6.30. The van der Waals surface area contributed by atoms with Gasteiger partial charge >= 0.3 is 6.18 Å². The standard InChI is InChI=1S/C14H7ClF5NO/c15-7-1-4-12(10(5-7)14(18,19)20)21-13(22)9-6-8(16)2-3-11(9)17/h1-6H,(H,21,22). The summed E-state index contributed by atoms with van der Waals surface area (Å²) in [6, 6.07) is 4.77. The van der Waals surface area contributed by atoms with Crippen molar-refractivity contribution < 1.29 is 26.7 Å². The molecule has 0 saturated carbocycles. The van der Waals surface area contributed by atoms with Gasteiger partial charge in [-0.1, -0.05) is 11.6 Å². The van der Waals surface area contributed by atoms with Crippen LogP contribution in [0.1, 0.15) is 15.9 Å². The molecule has 0 heterocycles. The van der Waals surface area contributed by atoms with Crippen LogP contribution in [0.15, 0.2) is 36.4 Å². The maximum Gasteiger partial charge on any atom is 0.418 e. The van der Waals surface area contributed by atoms with E-state index in [2.05, 4.69) is 0 Å². The molecule has 0 aliphatic carbocycles. The molecular weight excluding hydrogens is 329 g/mol. The zero-order chi connectivity index (χ0) is 16.5. The molecule has 0 atom stereocenters. The second kappa shape index (κ2) is 5.92. The Hall–Kier alpha value is -2.15. The van der Waals surface area contributed by atoms with E-state index in [0.717, 1.165) is 18.2 Å². The third kappa shape index (κ3) is 3.54. The summed E-state index contributed by atoms with van der Waals surface area (Å²) in [5, 5.41) is 1.73. The lowest BCUT2D eigenvalue weighted by molar-refractivity contribution is -0.136. The third-order valence-electron chi connectivity index (χ3n) is 2.71. The first kappa shape index (κ1) is 16.2. The average Bonchev–Trinajstić information content (AvgIpc) is 2.42. The maximum absolute atomic E-state index is 13.5. The molecule has 2 aromatic rings. The minimum Gasteiger partial charge on any atom is -0.321 e. The highest BCUT2D eigenvalue weighted by atomic mass is 35.5. The summed E-state index contributed by atoms with van der Waals surface area (Å²) in [4.78, 5) is 11.8. The number of nitrogens with one attached hydrogen (secondary N) is 1. The van der Waals surface area contributed by atoms with Crippen molar-refractivity contribution in [1.29, 1.82) is 0 Å². The fourth-order valence-electron chi connectivity index (χ4n) is 1.72. The molecule has 0 unspecified atom stereocenters. The monoisotopic (exact) mass is 335 g/mol. The van der Waals surface area contributed by atoms with Crippen molar-refractivity contribution in [1.82, 2.24) is 0 Å². The number of hydrogen-bond acceptors (Lipinski definition) is 1. The lowest BCUT2D eigenvalue weighted by Gasteiger charge is -2.14. The van der Waals surface area contributed by atoms with Crippen molar-refractivity contribution in [2.45, 2.75) is 6.18 Å². The smallest absolute Gasteiger partial charge is 0.321 e. The van der Waals surface area contributed by atoms with Crippen molar-refractivity contribution in [3.8, 4) is 0 Å². The molecular formula is C14H7ClF5NO. The molecule has 0 radical (unpaired) electrons. The van der Waals surface area contributed by atoms with Crippen molar-refractivity contribution >= 4 is 23.2 Å². The summed E-state index contributed by atoms with van der Waals surface area (Å²) < 4.78 is 65.1. The van der Waals surface area contributed by atoms with Gasteiger partial charge in [0.25, 0.3) is 5.91 Å². The van der Waals surface area contributed by atoms with Crippen LogP contribution in [-0.4, -0.2) is 5.91 Å². The Labute approximate surface area is 126 Å². The van der Waals surface area contributed by atoms with E-state index in [1.807, 2.05) is 5.32 Å². The predicted octanol–water partition coefficient (Wildman–Crippen LogP) is 4.89. The molecule has 0 aliphatic heterocycles. The van der Waals surface area contributed by atoms with E-state index in [9.17, 15) is 26.7 Å². The summed E-state index contributed by atoms with van der Waals surface area (Å²) >= 11 is 5.50. The Kier molecular flexibility index (Phi) is 4.37. The summed E-state index contributed by atoms with van der Waals surface area (Å²) in [6.45, 7) is 0. The normalized spacial score (nSPS) is 11.4. The second-order valence-electron chi connectivity index (χ2n) is 4.27. The van der Waals surface area contributed by atoms with Gasteiger partial charge in [0, 0.05) is 5.02 Å². The molecule has 116 valence electrons. The first-order valence-electron chi connectivity index (χ1n) is 5.81. The van der Waals surface area contributed by atoms with Crippen LogP contribution in [0.25, 0.3) is 0 Å². The molecule has 0 fully saturated rings. The van der Waals surface area contributed by atoms with E-state index in [-0.39, 0.29) is 5.02 Å². The van der Waals surface area contributed by atoms with Crippen molar-refractivity contribution in [3.63, 3.8) is 0 Å². The van der Waals surface area contributed by atoms with Crippen LogP contribution in [-0.2, 0) is 6.18 Å². The van der Waals surface area contributed by atoms with E-state index in [1.54, 1.807) is 0 Å². The Balaban J connectivity index is 2.39. The Morgan fingerprint density at radius 3 is 2.36 bits per heavy atom. The summed E-state index contributed by atoms with van der Waals surface area (Å²) in [7, 11) is 0. The Bertz CT molecular complexity index is 730. The molecule has 2 aromatic carbocycles. The molecule has 0 saturated heterocycles. The van der Waals surface area contributed by atoms with Crippen LogP contribution < -0.4 is 5.32 Å². The van der Waals surface area contributed by atoms with Crippen LogP contribution in [0.5, 0.6) is 0 Å². The summed E-state index contributed by atoms with van der Waals surface area (Å²) in [6.07, 6.45) is -4.77. The van der Waals surface area contributed by atoms with Gasteiger partial charge in [0.15, 0.2) is 0 Å². The number of halogens is 6. The molecule has 0 aliphatic rings. The van der Waals surface area contributed by atoms with Gasteiger partial charge in [-0.15, -0.1) is 0 Å². The van der Waals surface area contributed by atoms with E-state index >= 15 is 0 Å². The van der Waals surface area contributed by atoms with E-state index < -0.39 is 40.5 Å². The summed E-state index contributed by atoms with van der Waals surface area (Å²) in [5.41, 5.74) is -2.50. The first-order valence-corrected chi connectivity index (χ1v) is 6.19. The van der Waals surface area contributed by atoms with Gasteiger partial charge in [-0.05, 0) is 36.4 Å². The quantitative estimate of drug-likeness (QED) is 0.778. The number of carbonyl (C=O) groups excluding carboxylic acids is 1. The molecule has 2 nitrogen and oxygen atoms in total. The number of anilines is 1. The fourth-order valence-corrected chi connectivity index (χ4v) is 1.89. The molecule has 22 heavy (non-hydrogen) atoms. The van der Waals surface area contributed by atoms with Gasteiger partial charge in [-0.3, -0.25) is 4.79 Å². The molecule has 0 spiro atoms. The Morgan fingerprint density at radius 2 is 1.73 bits per heavy atom. The highest BCUT2D eigenvalue weighted by Gasteiger charge is 2.34. The van der Waals surface area contributed by atoms with Crippen LogP contribution in [0.4, 0.5) is 27.6 Å². The van der Waals surface area contributed by atoms with Crippen molar-refractivity contribution in [2.75, 3.05) is 5.32 Å². The zero-order valence-corrected chi connectivity index (χ0v) is 11.4. The minimum atomic E-state index is -4.77. The van der Waals surface area contributed by atoms with Gasteiger partial charge in [0.05, 0.1) is 16.8 Å². The molecule has 2 rings (SSSR count). The topological polar surface area (TPSA) is 29.1 Å². The van der Waals surface area contributed by atoms with Crippen LogP contribution in [0, 0.1) is 11.6 Å². The first-order chi connectivity index (χ1) is 10.2. The lowest BCUT2D eigenvalue weighted by atomic mass is 10.1. The number of benzene rings is 2. The van der Waals surface area contributed by atoms with Crippen LogP contribution in [0.2, 0.25) is 5.02 Å². The largest absolute Gasteiger partial charge is 0.418 e. The van der Waals surface area contributed by atoms with Gasteiger partial charge in [0.2, 0.25) is 0 Å². The van der Waals surface area contributed by atoms with E-state index in [4.69, 9.17) is 11.6 Å². The van der Waals surface area contributed by atoms with Gasteiger partial charge in [-0.2, -0.15) is 13.2 Å². The van der Waals surface area contributed by atoms with Crippen molar-refractivity contribution in [3.05, 3.63) is 64.2 Å². The van der Waals surface area contributed by atoms with Crippen LogP contribution >= 0.6 is 11.6 Å². The molecule has 8 heteroatoms. The highest BCUT2D eigenvalue weighted by Crippen LogP contribution is 2.36. The van der Waals surface area contributed by atoms with Gasteiger partial charge < -0.3 is 5.32 Å². The number of hydrogen-bond donors (Lipinski definition) is 1.